The van der Waals surface area contributed by atoms with Gasteiger partial charge in [0.05, 0.1) is 39.6 Å². The third kappa shape index (κ3) is 7.21. The summed E-state index contributed by atoms with van der Waals surface area (Å²) in [4.78, 5) is 36.8. The summed E-state index contributed by atoms with van der Waals surface area (Å²) >= 11 is 0. The highest BCUT2D eigenvalue weighted by Gasteiger charge is 2.33. The SMILES string of the molecule is C=CC(=O)N(CC(=O)NC(CO)(CO)CO)CC(=O)NC(CO)(CO)CO. The number of nitrogens with one attached hydrogen (secondary N) is 2. The average molecular weight is 393 g/mol. The van der Waals surface area contributed by atoms with E-state index in [9.17, 15) is 45.0 Å². The predicted octanol–water partition coefficient (Wildman–Crippen LogP) is -5.34. The van der Waals surface area contributed by atoms with Crippen LogP contribution in [0.2, 0.25) is 0 Å². The Hall–Kier alpha value is -2.09. The molecular formula is C15H27N3O9. The lowest BCUT2D eigenvalue weighted by molar-refractivity contribution is -0.138. The van der Waals surface area contributed by atoms with Gasteiger partial charge >= 0.3 is 0 Å². The Morgan fingerprint density at radius 3 is 1.26 bits per heavy atom. The fourth-order valence-electron chi connectivity index (χ4n) is 1.90. The molecule has 3 amide bonds. The van der Waals surface area contributed by atoms with Crippen molar-refractivity contribution >= 4 is 17.7 Å². The van der Waals surface area contributed by atoms with Crippen LogP contribution in [0.15, 0.2) is 12.7 Å². The van der Waals surface area contributed by atoms with Gasteiger partial charge in [-0.15, -0.1) is 0 Å². The summed E-state index contributed by atoms with van der Waals surface area (Å²) in [5, 5.41) is 59.6. The Balaban J connectivity index is 5.15. The van der Waals surface area contributed by atoms with Gasteiger partial charge in [-0.25, -0.2) is 0 Å². The van der Waals surface area contributed by atoms with E-state index in [1.807, 2.05) is 0 Å². The van der Waals surface area contributed by atoms with Gasteiger partial charge in [0.15, 0.2) is 0 Å². The van der Waals surface area contributed by atoms with Crippen molar-refractivity contribution in [3.8, 4) is 0 Å². The van der Waals surface area contributed by atoms with Gasteiger partial charge in [0, 0.05) is 0 Å². The Morgan fingerprint density at radius 2 is 1.04 bits per heavy atom. The molecule has 0 aliphatic heterocycles. The van der Waals surface area contributed by atoms with Gasteiger partial charge in [0.25, 0.3) is 0 Å². The molecule has 0 aromatic carbocycles. The molecular weight excluding hydrogens is 366 g/mol. The number of aliphatic hydroxyl groups is 6. The first-order chi connectivity index (χ1) is 12.7. The average Bonchev–Trinajstić information content (AvgIpc) is 2.69. The van der Waals surface area contributed by atoms with Crippen molar-refractivity contribution in [2.45, 2.75) is 11.1 Å². The second-order valence-corrected chi connectivity index (χ2v) is 6.00. The van der Waals surface area contributed by atoms with Crippen LogP contribution < -0.4 is 10.6 Å². The number of nitrogens with zero attached hydrogens (tertiary/aromatic N) is 1. The molecule has 0 saturated heterocycles. The van der Waals surface area contributed by atoms with E-state index < -0.39 is 81.5 Å². The third-order valence-corrected chi connectivity index (χ3v) is 3.78. The van der Waals surface area contributed by atoms with Crippen molar-refractivity contribution in [2.24, 2.45) is 0 Å². The van der Waals surface area contributed by atoms with E-state index in [1.165, 1.54) is 0 Å². The van der Waals surface area contributed by atoms with Gasteiger partial charge < -0.3 is 46.2 Å². The van der Waals surface area contributed by atoms with Crippen LogP contribution in [-0.4, -0.2) is 117 Å². The molecule has 0 heterocycles. The Labute approximate surface area is 155 Å². The molecule has 0 spiro atoms. The van der Waals surface area contributed by atoms with Crippen molar-refractivity contribution in [1.82, 2.24) is 15.5 Å². The molecule has 0 saturated carbocycles. The molecule has 0 aromatic rings. The van der Waals surface area contributed by atoms with Crippen LogP contribution in [0.5, 0.6) is 0 Å². The molecule has 12 nitrogen and oxygen atoms in total. The summed E-state index contributed by atoms with van der Waals surface area (Å²) in [6.45, 7) is -2.73. The maximum Gasteiger partial charge on any atom is 0.246 e. The molecule has 27 heavy (non-hydrogen) atoms. The van der Waals surface area contributed by atoms with E-state index in [2.05, 4.69) is 17.2 Å². The van der Waals surface area contributed by atoms with Crippen molar-refractivity contribution in [3.63, 3.8) is 0 Å². The number of aliphatic hydroxyl groups excluding tert-OH is 6. The number of rotatable bonds is 13. The highest BCUT2D eigenvalue weighted by Crippen LogP contribution is 2.04. The molecule has 0 unspecified atom stereocenters. The van der Waals surface area contributed by atoms with E-state index in [4.69, 9.17) is 0 Å². The van der Waals surface area contributed by atoms with Crippen molar-refractivity contribution in [2.75, 3.05) is 52.7 Å². The first-order valence-corrected chi connectivity index (χ1v) is 7.89. The zero-order chi connectivity index (χ0) is 21.1. The van der Waals surface area contributed by atoms with Gasteiger partial charge in [-0.05, 0) is 6.08 Å². The molecule has 0 aliphatic rings. The zero-order valence-corrected chi connectivity index (χ0v) is 14.8. The largest absolute Gasteiger partial charge is 0.394 e. The Bertz CT molecular complexity index is 466. The summed E-state index contributed by atoms with van der Waals surface area (Å²) in [5.41, 5.74) is -3.41. The molecule has 0 radical (unpaired) electrons. The second-order valence-electron chi connectivity index (χ2n) is 6.00. The summed E-state index contributed by atoms with van der Waals surface area (Å²) in [6, 6.07) is 0. The Morgan fingerprint density at radius 1 is 0.741 bits per heavy atom. The minimum atomic E-state index is -1.71. The first kappa shape index (κ1) is 24.9. The second kappa shape index (κ2) is 11.6. The number of hydrogen-bond donors (Lipinski definition) is 8. The van der Waals surface area contributed by atoms with Gasteiger partial charge in [-0.1, -0.05) is 6.58 Å². The molecule has 0 atom stereocenters. The summed E-state index contributed by atoms with van der Waals surface area (Å²) < 4.78 is 0. The maximum absolute atomic E-state index is 12.1. The van der Waals surface area contributed by atoms with Crippen LogP contribution in [0.25, 0.3) is 0 Å². The standard InChI is InChI=1S/C15H27N3O9/c1-2-13(27)18(3-11(25)16-14(5-19,6-20)7-21)4-12(26)17-15(8-22,9-23)10-24/h2,19-24H,1,3-10H2,(H,16,25)(H,17,26). The molecule has 0 bridgehead atoms. The van der Waals surface area contributed by atoms with Gasteiger partial charge in [-0.2, -0.15) is 0 Å². The molecule has 156 valence electrons. The molecule has 8 N–H and O–H groups in total. The fraction of sp³-hybridized carbons (Fsp3) is 0.667. The van der Waals surface area contributed by atoms with E-state index in [-0.39, 0.29) is 0 Å². The maximum atomic E-state index is 12.1. The normalized spacial score (nSPS) is 11.6. The van der Waals surface area contributed by atoms with Crippen LogP contribution in [0.3, 0.4) is 0 Å². The summed E-state index contributed by atoms with van der Waals surface area (Å²) in [6.07, 6.45) is 0.843. The van der Waals surface area contributed by atoms with E-state index in [0.717, 1.165) is 11.0 Å². The van der Waals surface area contributed by atoms with Crippen LogP contribution >= 0.6 is 0 Å². The monoisotopic (exact) mass is 393 g/mol. The Kier molecular flexibility index (Phi) is 10.7. The van der Waals surface area contributed by atoms with Crippen molar-refractivity contribution in [1.29, 1.82) is 0 Å². The lowest BCUT2D eigenvalue weighted by atomic mass is 10.0. The molecule has 12 heteroatoms. The number of carbonyl (C=O) groups is 3. The minimum absolute atomic E-state index is 0.676. The van der Waals surface area contributed by atoms with Gasteiger partial charge in [-0.3, -0.25) is 14.4 Å². The van der Waals surface area contributed by atoms with Gasteiger partial charge in [0.1, 0.15) is 24.2 Å². The van der Waals surface area contributed by atoms with E-state index in [1.54, 1.807) is 0 Å². The highest BCUT2D eigenvalue weighted by molar-refractivity contribution is 5.94. The van der Waals surface area contributed by atoms with Crippen LogP contribution in [0, 0.1) is 0 Å². The lowest BCUT2D eigenvalue weighted by Crippen LogP contribution is -2.61. The minimum Gasteiger partial charge on any atom is -0.394 e. The summed E-state index contributed by atoms with van der Waals surface area (Å²) in [5.74, 6) is -2.56. The third-order valence-electron chi connectivity index (χ3n) is 3.78. The molecule has 0 aromatic heterocycles. The number of hydrogen-bond acceptors (Lipinski definition) is 9. The topological polar surface area (TPSA) is 200 Å². The van der Waals surface area contributed by atoms with E-state index in [0.29, 0.717) is 0 Å². The molecule has 0 rings (SSSR count). The fourth-order valence-corrected chi connectivity index (χ4v) is 1.90. The van der Waals surface area contributed by atoms with Gasteiger partial charge in [0.2, 0.25) is 17.7 Å². The number of carbonyl (C=O) groups excluding carboxylic acids is 3. The molecule has 0 fully saturated rings. The predicted molar refractivity (Wildman–Crippen MR) is 91.0 cm³/mol. The highest BCUT2D eigenvalue weighted by atomic mass is 16.3. The first-order valence-electron chi connectivity index (χ1n) is 7.89. The van der Waals surface area contributed by atoms with Crippen LogP contribution in [0.4, 0.5) is 0 Å². The van der Waals surface area contributed by atoms with Crippen LogP contribution in [0.1, 0.15) is 0 Å². The quantitative estimate of drug-likeness (QED) is 0.141. The zero-order valence-electron chi connectivity index (χ0n) is 14.8. The smallest absolute Gasteiger partial charge is 0.246 e. The summed E-state index contributed by atoms with van der Waals surface area (Å²) in [7, 11) is 0. The van der Waals surface area contributed by atoms with Crippen LogP contribution in [-0.2, 0) is 14.4 Å². The van der Waals surface area contributed by atoms with E-state index >= 15 is 0 Å². The van der Waals surface area contributed by atoms with Crippen molar-refractivity contribution in [3.05, 3.63) is 12.7 Å². The number of amides is 3. The van der Waals surface area contributed by atoms with Crippen molar-refractivity contribution < 1.29 is 45.0 Å². The molecule has 0 aliphatic carbocycles. The lowest BCUT2D eigenvalue weighted by Gasteiger charge is -2.31.